The molecule has 2 aliphatic rings. The maximum atomic E-state index is 13.2. The zero-order valence-electron chi connectivity index (χ0n) is 17.9. The molecule has 3 aromatic rings. The number of nitrogens with one attached hydrogen (secondary N) is 1. The second-order valence-electron chi connectivity index (χ2n) is 8.34. The van der Waals surface area contributed by atoms with Crippen LogP contribution in [-0.4, -0.2) is 69.6 Å². The van der Waals surface area contributed by atoms with Crippen molar-refractivity contribution < 1.29 is 13.9 Å². The number of hydrogen-bond donors (Lipinski definition) is 1. The van der Waals surface area contributed by atoms with E-state index in [0.29, 0.717) is 49.5 Å². The Balaban J connectivity index is 1.34. The van der Waals surface area contributed by atoms with Gasteiger partial charge in [-0.1, -0.05) is 0 Å². The summed E-state index contributed by atoms with van der Waals surface area (Å²) in [6.07, 6.45) is 3.82. The Morgan fingerprint density at radius 3 is 2.68 bits per heavy atom. The van der Waals surface area contributed by atoms with E-state index < -0.39 is 0 Å². The molecule has 0 unspecified atom stereocenters. The fourth-order valence-electron chi connectivity index (χ4n) is 3.68. The van der Waals surface area contributed by atoms with Crippen molar-refractivity contribution in [3.63, 3.8) is 0 Å². The van der Waals surface area contributed by atoms with Crippen LogP contribution in [0, 0.1) is 6.92 Å². The number of aromatic nitrogens is 4. The van der Waals surface area contributed by atoms with Gasteiger partial charge in [0.1, 0.15) is 11.6 Å². The Hall–Kier alpha value is -3.43. The van der Waals surface area contributed by atoms with Crippen molar-refractivity contribution in [2.45, 2.75) is 32.2 Å². The zero-order valence-corrected chi connectivity index (χ0v) is 17.9. The van der Waals surface area contributed by atoms with Gasteiger partial charge in [-0.2, -0.15) is 9.97 Å². The number of rotatable bonds is 5. The van der Waals surface area contributed by atoms with E-state index in [4.69, 9.17) is 9.15 Å². The molecule has 0 aromatic carbocycles. The number of aryl methyl sites for hydroxylation is 1. The molecule has 2 fully saturated rings. The van der Waals surface area contributed by atoms with Crippen LogP contribution in [0.15, 0.2) is 22.7 Å². The quantitative estimate of drug-likeness (QED) is 0.661. The van der Waals surface area contributed by atoms with Gasteiger partial charge < -0.3 is 24.3 Å². The van der Waals surface area contributed by atoms with Crippen molar-refractivity contribution >= 4 is 28.8 Å². The van der Waals surface area contributed by atoms with Gasteiger partial charge in [-0.05, 0) is 32.8 Å². The molecule has 31 heavy (non-hydrogen) atoms. The molecule has 1 aliphatic carbocycles. The molecule has 1 N–H and O–H groups in total. The Morgan fingerprint density at radius 1 is 1.19 bits per heavy atom. The smallest absolute Gasteiger partial charge is 0.291 e. The Bertz CT molecular complexity index is 1130. The third-order valence-corrected chi connectivity index (χ3v) is 5.80. The third-order valence-electron chi connectivity index (χ3n) is 5.80. The van der Waals surface area contributed by atoms with Crippen LogP contribution in [0.3, 0.4) is 0 Å². The number of hydrogen-bond acceptors (Lipinski definition) is 9. The summed E-state index contributed by atoms with van der Waals surface area (Å²) >= 11 is 0. The van der Waals surface area contributed by atoms with Crippen LogP contribution in [0.2, 0.25) is 0 Å². The molecule has 1 saturated heterocycles. The van der Waals surface area contributed by atoms with Gasteiger partial charge in [-0.15, -0.1) is 0 Å². The van der Waals surface area contributed by atoms with E-state index in [1.807, 2.05) is 17.9 Å². The number of fused-ring (bicyclic) bond motifs is 1. The SMILES string of the molecule is COc1ccnc(N2CCN(C(=O)c3nc(NC4(C)CC4)c4cc(C)oc4n3)CC2)n1. The van der Waals surface area contributed by atoms with Crippen LogP contribution in [0.1, 0.15) is 36.1 Å². The highest BCUT2D eigenvalue weighted by atomic mass is 16.5. The number of methoxy groups -OCH3 is 1. The monoisotopic (exact) mass is 423 g/mol. The van der Waals surface area contributed by atoms with E-state index in [0.717, 1.165) is 24.0 Å². The van der Waals surface area contributed by atoms with Gasteiger partial charge in [0.25, 0.3) is 5.91 Å². The minimum atomic E-state index is -0.203. The summed E-state index contributed by atoms with van der Waals surface area (Å²) < 4.78 is 10.9. The van der Waals surface area contributed by atoms with Gasteiger partial charge in [0.2, 0.25) is 23.4 Å². The first-order valence-corrected chi connectivity index (χ1v) is 10.4. The van der Waals surface area contributed by atoms with Crippen LogP contribution < -0.4 is 15.0 Å². The number of amides is 1. The predicted molar refractivity (Wildman–Crippen MR) is 115 cm³/mol. The highest BCUT2D eigenvalue weighted by Crippen LogP contribution is 2.39. The zero-order chi connectivity index (χ0) is 21.6. The number of furan rings is 1. The van der Waals surface area contributed by atoms with Gasteiger partial charge >= 0.3 is 0 Å². The number of carbonyl (C=O) groups excluding carboxylic acids is 1. The average Bonchev–Trinajstić information content (AvgIpc) is 3.38. The lowest BCUT2D eigenvalue weighted by atomic mass is 10.2. The molecule has 1 aliphatic heterocycles. The topological polar surface area (TPSA) is 110 Å². The maximum Gasteiger partial charge on any atom is 0.291 e. The van der Waals surface area contributed by atoms with E-state index >= 15 is 0 Å². The second kappa shape index (κ2) is 7.36. The Morgan fingerprint density at radius 2 is 1.97 bits per heavy atom. The van der Waals surface area contributed by atoms with Gasteiger partial charge in [-0.3, -0.25) is 4.79 Å². The fraction of sp³-hybridized carbons (Fsp3) is 0.476. The van der Waals surface area contributed by atoms with Crippen molar-refractivity contribution in [2.75, 3.05) is 43.5 Å². The molecule has 1 saturated carbocycles. The lowest BCUT2D eigenvalue weighted by Gasteiger charge is -2.34. The largest absolute Gasteiger partial charge is 0.481 e. The number of ether oxygens (including phenoxy) is 1. The Kier molecular flexibility index (Phi) is 4.64. The summed E-state index contributed by atoms with van der Waals surface area (Å²) in [5.41, 5.74) is 0.459. The van der Waals surface area contributed by atoms with Gasteiger partial charge in [0, 0.05) is 44.0 Å². The summed E-state index contributed by atoms with van der Waals surface area (Å²) in [6, 6.07) is 3.62. The van der Waals surface area contributed by atoms with Crippen LogP contribution in [0.5, 0.6) is 5.88 Å². The van der Waals surface area contributed by atoms with Crippen LogP contribution in [0.25, 0.3) is 11.1 Å². The molecule has 5 rings (SSSR count). The normalized spacial score (nSPS) is 17.6. The van der Waals surface area contributed by atoms with E-state index in [9.17, 15) is 4.79 Å². The summed E-state index contributed by atoms with van der Waals surface area (Å²) in [5.74, 6) is 2.46. The van der Waals surface area contributed by atoms with Gasteiger partial charge in [0.05, 0.1) is 12.5 Å². The van der Waals surface area contributed by atoms with Crippen molar-refractivity contribution in [2.24, 2.45) is 0 Å². The number of anilines is 2. The lowest BCUT2D eigenvalue weighted by Crippen LogP contribution is -2.49. The summed E-state index contributed by atoms with van der Waals surface area (Å²) in [4.78, 5) is 34.7. The maximum absolute atomic E-state index is 13.2. The molecule has 4 heterocycles. The Labute approximate surface area is 179 Å². The second-order valence-corrected chi connectivity index (χ2v) is 8.34. The third kappa shape index (κ3) is 3.85. The highest BCUT2D eigenvalue weighted by Gasteiger charge is 2.38. The highest BCUT2D eigenvalue weighted by molar-refractivity contribution is 5.95. The number of nitrogens with zero attached hydrogens (tertiary/aromatic N) is 6. The van der Waals surface area contributed by atoms with Crippen LogP contribution in [0.4, 0.5) is 11.8 Å². The molecule has 3 aromatic heterocycles. The van der Waals surface area contributed by atoms with Gasteiger partial charge in [-0.25, -0.2) is 9.97 Å². The molecule has 10 nitrogen and oxygen atoms in total. The van der Waals surface area contributed by atoms with E-state index in [1.165, 1.54) is 0 Å². The molecule has 0 bridgehead atoms. The van der Waals surface area contributed by atoms with E-state index in [-0.39, 0.29) is 17.3 Å². The standard InChI is InChI=1S/C21H25N7O3/c1-13-12-14-16(26-21(2)5-6-21)24-17(25-18(14)31-13)19(29)27-8-10-28(11-9-27)20-22-7-4-15(23-20)30-3/h4,7,12H,5-6,8-11H2,1-3H3,(H,24,25,26). The van der Waals surface area contributed by atoms with Crippen molar-refractivity contribution in [3.05, 3.63) is 29.9 Å². The molecule has 0 spiro atoms. The molecule has 0 atom stereocenters. The lowest BCUT2D eigenvalue weighted by molar-refractivity contribution is 0.0734. The number of carbonyl (C=O) groups is 1. The van der Waals surface area contributed by atoms with E-state index in [1.54, 1.807) is 24.3 Å². The minimum Gasteiger partial charge on any atom is -0.481 e. The number of piperazine rings is 1. The molecule has 162 valence electrons. The fourth-order valence-corrected chi connectivity index (χ4v) is 3.68. The van der Waals surface area contributed by atoms with Crippen LogP contribution in [-0.2, 0) is 0 Å². The summed E-state index contributed by atoms with van der Waals surface area (Å²) in [7, 11) is 1.58. The first kappa shape index (κ1) is 19.5. The molecular weight excluding hydrogens is 398 g/mol. The van der Waals surface area contributed by atoms with Crippen molar-refractivity contribution in [1.82, 2.24) is 24.8 Å². The first-order chi connectivity index (χ1) is 14.9. The van der Waals surface area contributed by atoms with Crippen molar-refractivity contribution in [1.29, 1.82) is 0 Å². The first-order valence-electron chi connectivity index (χ1n) is 10.4. The van der Waals surface area contributed by atoms with Gasteiger partial charge in [0.15, 0.2) is 0 Å². The summed E-state index contributed by atoms with van der Waals surface area (Å²) in [6.45, 7) is 6.30. The average molecular weight is 423 g/mol. The predicted octanol–water partition coefficient (Wildman–Crippen LogP) is 2.26. The van der Waals surface area contributed by atoms with E-state index in [2.05, 4.69) is 32.2 Å². The molecule has 0 radical (unpaired) electrons. The molecule has 10 heteroatoms. The molecule has 1 amide bonds. The van der Waals surface area contributed by atoms with Crippen molar-refractivity contribution in [3.8, 4) is 5.88 Å². The molecular formula is C21H25N7O3. The van der Waals surface area contributed by atoms with Crippen LogP contribution >= 0.6 is 0 Å². The minimum absolute atomic E-state index is 0.0230. The summed E-state index contributed by atoms with van der Waals surface area (Å²) in [5, 5.41) is 4.28.